The Morgan fingerprint density at radius 1 is 0.567 bits per heavy atom. The van der Waals surface area contributed by atoms with Gasteiger partial charge in [0.05, 0.1) is 0 Å². The topological polar surface area (TPSA) is 126 Å². The summed E-state index contributed by atoms with van der Waals surface area (Å²) in [6.45, 7) is 2.80. The van der Waals surface area contributed by atoms with E-state index in [1.807, 2.05) is 9.80 Å². The average Bonchev–Trinajstić information content (AvgIpc) is 2.72. The van der Waals surface area contributed by atoms with E-state index in [0.717, 1.165) is 51.0 Å². The molecule has 4 rings (SSSR count). The smallest absolute Gasteiger partial charge is 0.249 e. The zero-order valence-corrected chi connectivity index (χ0v) is 18.8. The first-order chi connectivity index (χ1) is 14.1. The van der Waals surface area contributed by atoms with Crippen LogP contribution in [0.4, 0.5) is 11.6 Å². The molecule has 0 radical (unpaired) electrons. The standard InChI is InChI=1S/C18H26N6O4S2/c1-29(25,26)17-19-13-14(15(21-17)23-9-5-3-6-10-23)20-18(30(2,27)28)22-16(13)24-11-7-4-8-12-24/h3-12H2,1-2H3. The molecule has 2 aliphatic heterocycles. The lowest BCUT2D eigenvalue weighted by Crippen LogP contribution is -2.33. The van der Waals surface area contributed by atoms with Gasteiger partial charge in [-0.05, 0) is 38.5 Å². The van der Waals surface area contributed by atoms with Gasteiger partial charge in [-0.2, -0.15) is 9.97 Å². The van der Waals surface area contributed by atoms with Crippen LogP contribution in [0.25, 0.3) is 11.0 Å². The van der Waals surface area contributed by atoms with Gasteiger partial charge in [0.1, 0.15) is 11.0 Å². The third-order valence-electron chi connectivity index (χ3n) is 5.44. The summed E-state index contributed by atoms with van der Waals surface area (Å²) in [6, 6.07) is 0. The molecule has 30 heavy (non-hydrogen) atoms. The normalized spacial score (nSPS) is 18.7. The maximum absolute atomic E-state index is 12.3. The fourth-order valence-electron chi connectivity index (χ4n) is 3.93. The van der Waals surface area contributed by atoms with Crippen molar-refractivity contribution in [1.29, 1.82) is 0 Å². The fourth-order valence-corrected chi connectivity index (χ4v) is 4.95. The van der Waals surface area contributed by atoms with E-state index in [9.17, 15) is 16.8 Å². The summed E-state index contributed by atoms with van der Waals surface area (Å²) in [5.74, 6) is 0.733. The number of fused-ring (bicyclic) bond motifs is 1. The molecule has 12 heteroatoms. The van der Waals surface area contributed by atoms with Crippen molar-refractivity contribution in [2.45, 2.75) is 48.8 Å². The van der Waals surface area contributed by atoms with Gasteiger partial charge in [0.15, 0.2) is 11.6 Å². The maximum atomic E-state index is 12.3. The molecular formula is C18H26N6O4S2. The second-order valence-electron chi connectivity index (χ2n) is 8.00. The van der Waals surface area contributed by atoms with Gasteiger partial charge in [-0.1, -0.05) is 0 Å². The molecule has 0 atom stereocenters. The van der Waals surface area contributed by atoms with Gasteiger partial charge in [-0.3, -0.25) is 0 Å². The third-order valence-corrected chi connectivity index (χ3v) is 7.13. The highest BCUT2D eigenvalue weighted by atomic mass is 32.2. The van der Waals surface area contributed by atoms with Crippen molar-refractivity contribution >= 4 is 42.3 Å². The first-order valence-corrected chi connectivity index (χ1v) is 13.9. The molecular weight excluding hydrogens is 428 g/mol. The van der Waals surface area contributed by atoms with E-state index in [4.69, 9.17) is 0 Å². The summed E-state index contributed by atoms with van der Waals surface area (Å²) in [7, 11) is -7.37. The van der Waals surface area contributed by atoms with E-state index in [-0.39, 0.29) is 10.3 Å². The van der Waals surface area contributed by atoms with Gasteiger partial charge in [-0.25, -0.2) is 26.8 Å². The van der Waals surface area contributed by atoms with Crippen molar-refractivity contribution in [3.05, 3.63) is 0 Å². The molecule has 0 spiro atoms. The Morgan fingerprint density at radius 2 is 0.900 bits per heavy atom. The number of nitrogens with zero attached hydrogens (tertiary/aromatic N) is 6. The van der Waals surface area contributed by atoms with Gasteiger partial charge < -0.3 is 9.80 Å². The van der Waals surface area contributed by atoms with Crippen molar-refractivity contribution in [1.82, 2.24) is 19.9 Å². The van der Waals surface area contributed by atoms with E-state index in [2.05, 4.69) is 19.9 Å². The van der Waals surface area contributed by atoms with Crippen LogP contribution in [0.5, 0.6) is 0 Å². The molecule has 2 aromatic heterocycles. The predicted octanol–water partition coefficient (Wildman–Crippen LogP) is 1.21. The minimum atomic E-state index is -3.68. The van der Waals surface area contributed by atoms with E-state index in [1.54, 1.807) is 0 Å². The summed E-state index contributed by atoms with van der Waals surface area (Å²) in [6.07, 6.45) is 8.10. The second-order valence-corrected chi connectivity index (χ2v) is 11.8. The number of hydrogen-bond acceptors (Lipinski definition) is 10. The summed E-state index contributed by atoms with van der Waals surface area (Å²) < 4.78 is 49.3. The SMILES string of the molecule is CS(=O)(=O)c1nc(N2CCCCC2)c2nc(S(C)(=O)=O)nc(N3CCCCC3)c2n1. The Labute approximate surface area is 176 Å². The predicted molar refractivity (Wildman–Crippen MR) is 113 cm³/mol. The maximum Gasteiger partial charge on any atom is 0.249 e. The lowest BCUT2D eigenvalue weighted by Gasteiger charge is -2.30. The molecule has 2 aromatic rings. The van der Waals surface area contributed by atoms with Gasteiger partial charge in [-0.15, -0.1) is 0 Å². The van der Waals surface area contributed by atoms with Crippen LogP contribution in [0.3, 0.4) is 0 Å². The third kappa shape index (κ3) is 4.20. The highest BCUT2D eigenvalue weighted by Crippen LogP contribution is 2.33. The van der Waals surface area contributed by atoms with Crippen LogP contribution in [0.1, 0.15) is 38.5 Å². The number of aromatic nitrogens is 4. The Balaban J connectivity index is 2.05. The van der Waals surface area contributed by atoms with Crippen LogP contribution >= 0.6 is 0 Å². The van der Waals surface area contributed by atoms with Gasteiger partial charge >= 0.3 is 0 Å². The van der Waals surface area contributed by atoms with Crippen molar-refractivity contribution in [3.63, 3.8) is 0 Å². The quantitative estimate of drug-likeness (QED) is 0.622. The van der Waals surface area contributed by atoms with Crippen LogP contribution in [0.2, 0.25) is 0 Å². The summed E-state index contributed by atoms with van der Waals surface area (Å²) in [5.41, 5.74) is 0.584. The monoisotopic (exact) mass is 454 g/mol. The van der Waals surface area contributed by atoms with E-state index in [0.29, 0.717) is 48.8 Å². The minimum Gasteiger partial charge on any atom is -0.355 e. The summed E-state index contributed by atoms with van der Waals surface area (Å²) in [4.78, 5) is 21.2. The lowest BCUT2D eigenvalue weighted by atomic mass is 10.1. The highest BCUT2D eigenvalue weighted by molar-refractivity contribution is 7.90. The lowest BCUT2D eigenvalue weighted by molar-refractivity contribution is 0.564. The molecule has 4 heterocycles. The number of hydrogen-bond donors (Lipinski definition) is 0. The largest absolute Gasteiger partial charge is 0.355 e. The van der Waals surface area contributed by atoms with Crippen molar-refractivity contribution in [2.75, 3.05) is 48.5 Å². The molecule has 2 fully saturated rings. The first kappa shape index (κ1) is 21.2. The second kappa shape index (κ2) is 7.88. The average molecular weight is 455 g/mol. The molecule has 0 aliphatic carbocycles. The van der Waals surface area contributed by atoms with Gasteiger partial charge in [0.25, 0.3) is 0 Å². The first-order valence-electron chi connectivity index (χ1n) is 10.1. The minimum absolute atomic E-state index is 0.287. The van der Waals surface area contributed by atoms with E-state index in [1.165, 1.54) is 0 Å². The fraction of sp³-hybridized carbons (Fsp3) is 0.667. The zero-order valence-electron chi connectivity index (χ0n) is 17.2. The van der Waals surface area contributed by atoms with Crippen LogP contribution in [-0.2, 0) is 19.7 Å². The molecule has 0 N–H and O–H groups in total. The van der Waals surface area contributed by atoms with Crippen molar-refractivity contribution in [2.24, 2.45) is 0 Å². The van der Waals surface area contributed by atoms with Crippen molar-refractivity contribution < 1.29 is 16.8 Å². The number of sulfone groups is 2. The molecule has 0 amide bonds. The molecule has 0 bridgehead atoms. The Morgan fingerprint density at radius 3 is 1.20 bits per heavy atom. The molecule has 0 unspecified atom stereocenters. The highest BCUT2D eigenvalue weighted by Gasteiger charge is 2.28. The summed E-state index contributed by atoms with van der Waals surface area (Å²) >= 11 is 0. The molecule has 0 aromatic carbocycles. The molecule has 2 aliphatic rings. The van der Waals surface area contributed by atoms with Gasteiger partial charge in [0.2, 0.25) is 30.0 Å². The van der Waals surface area contributed by atoms with Crippen LogP contribution in [-0.4, -0.2) is 75.5 Å². The molecule has 0 saturated carbocycles. The Hall–Kier alpha value is -2.08. The van der Waals surface area contributed by atoms with Gasteiger partial charge in [0, 0.05) is 38.7 Å². The van der Waals surface area contributed by atoms with Crippen LogP contribution in [0.15, 0.2) is 10.3 Å². The zero-order chi connectivity index (χ0) is 21.5. The Kier molecular flexibility index (Phi) is 5.56. The van der Waals surface area contributed by atoms with Crippen LogP contribution < -0.4 is 9.80 Å². The van der Waals surface area contributed by atoms with Crippen molar-refractivity contribution in [3.8, 4) is 0 Å². The number of rotatable bonds is 4. The number of anilines is 2. The van der Waals surface area contributed by atoms with E-state index < -0.39 is 19.7 Å². The molecule has 10 nitrogen and oxygen atoms in total. The van der Waals surface area contributed by atoms with E-state index >= 15 is 0 Å². The van der Waals surface area contributed by atoms with Crippen LogP contribution in [0, 0.1) is 0 Å². The summed E-state index contributed by atoms with van der Waals surface area (Å²) in [5, 5.41) is -0.575. The molecule has 2 saturated heterocycles. The molecule has 164 valence electrons. The Bertz CT molecular complexity index is 1080. The number of piperidine rings is 2.